The molecule has 6 nitrogen and oxygen atoms in total. The van der Waals surface area contributed by atoms with Gasteiger partial charge in [0.2, 0.25) is 0 Å². The molecule has 5 rings (SSSR count). The summed E-state index contributed by atoms with van der Waals surface area (Å²) < 4.78 is 20.0. The highest BCUT2D eigenvalue weighted by molar-refractivity contribution is 5.93. The van der Waals surface area contributed by atoms with Crippen LogP contribution in [0.2, 0.25) is 0 Å². The van der Waals surface area contributed by atoms with Gasteiger partial charge in [-0.2, -0.15) is 0 Å². The van der Waals surface area contributed by atoms with Gasteiger partial charge in [0, 0.05) is 18.8 Å². The van der Waals surface area contributed by atoms with Gasteiger partial charge in [-0.3, -0.25) is 0 Å². The predicted molar refractivity (Wildman–Crippen MR) is 117 cm³/mol. The van der Waals surface area contributed by atoms with Gasteiger partial charge in [-0.1, -0.05) is 36.4 Å². The molecule has 0 amide bonds. The van der Waals surface area contributed by atoms with Crippen LogP contribution in [0, 0.1) is 5.89 Å². The zero-order chi connectivity index (χ0) is 22.3. The molecule has 0 bridgehead atoms. The number of benzene rings is 2. The molecular weight excluding hydrogens is 392 g/mol. The van der Waals surface area contributed by atoms with Crippen molar-refractivity contribution in [3.63, 3.8) is 0 Å². The van der Waals surface area contributed by atoms with E-state index in [1.54, 1.807) is 24.3 Å². The maximum atomic E-state index is 13.0. The molecule has 2 aromatic rings. The number of nitrogens with one attached hydrogen (secondary N) is 2. The quantitative estimate of drug-likeness (QED) is 0.724. The smallest absolute Gasteiger partial charge is 0.338 e. The zero-order valence-corrected chi connectivity index (χ0v) is 17.4. The Bertz CT molecular complexity index is 1100. The normalized spacial score (nSPS) is 28.7. The molecule has 6 heteroatoms. The van der Waals surface area contributed by atoms with Gasteiger partial charge in [0.15, 0.2) is 0 Å². The van der Waals surface area contributed by atoms with E-state index < -0.39 is 17.8 Å². The average Bonchev–Trinajstić information content (AvgIpc) is 3.37. The second-order valence-electron chi connectivity index (χ2n) is 8.20. The first kappa shape index (κ1) is 18.6. The molecule has 0 unspecified atom stereocenters. The standard InChI is InChI=1S/C25H26N2O4/c1-30-24(29)21-17(11-14-31-23(28)16-7-3-2-4-8-16)15-20-25(12-13-26-20)18-9-5-6-10-19(18)27-22(21)25/h2-10,17,20,26-27H,11-15H2,1H3/t17-,20-,25+/m0/s1/i17D. The van der Waals surface area contributed by atoms with E-state index in [4.69, 9.17) is 9.47 Å². The second kappa shape index (κ2) is 7.85. The summed E-state index contributed by atoms with van der Waals surface area (Å²) in [4.78, 5) is 25.4. The maximum absolute atomic E-state index is 13.0. The molecule has 2 aromatic carbocycles. The van der Waals surface area contributed by atoms with Crippen LogP contribution in [0.3, 0.4) is 0 Å². The number of carbonyl (C=O) groups is 2. The van der Waals surface area contributed by atoms with Gasteiger partial charge in [0.05, 0.1) is 30.3 Å². The van der Waals surface area contributed by atoms with Crippen molar-refractivity contribution in [3.8, 4) is 0 Å². The molecule has 0 radical (unpaired) electrons. The predicted octanol–water partition coefficient (Wildman–Crippen LogP) is 3.41. The monoisotopic (exact) mass is 419 g/mol. The number of ether oxygens (including phenoxy) is 2. The van der Waals surface area contributed by atoms with Crippen LogP contribution in [0.4, 0.5) is 5.69 Å². The Kier molecular flexibility index (Phi) is 4.72. The SMILES string of the molecule is [2H][C@]1(CCOC(=O)c2ccccc2)C[C@@H]2NCC[C@]23C(=C1C(=O)OC)Nc1ccccc13. The minimum Gasteiger partial charge on any atom is -0.466 e. The Hall–Kier alpha value is -3.12. The number of hydrogen-bond acceptors (Lipinski definition) is 6. The van der Waals surface area contributed by atoms with Crippen LogP contribution in [0.1, 0.15) is 36.6 Å². The van der Waals surface area contributed by atoms with Gasteiger partial charge >= 0.3 is 11.9 Å². The van der Waals surface area contributed by atoms with Crippen LogP contribution in [0.5, 0.6) is 0 Å². The summed E-state index contributed by atoms with van der Waals surface area (Å²) >= 11 is 0. The Morgan fingerprint density at radius 2 is 1.90 bits per heavy atom. The molecule has 0 saturated carbocycles. The third-order valence-electron chi connectivity index (χ3n) is 6.71. The van der Waals surface area contributed by atoms with Crippen LogP contribution in [-0.2, 0) is 19.7 Å². The number of hydrogen-bond donors (Lipinski definition) is 2. The van der Waals surface area contributed by atoms with Gasteiger partial charge in [0.25, 0.3) is 0 Å². The molecule has 31 heavy (non-hydrogen) atoms. The van der Waals surface area contributed by atoms with Crippen molar-refractivity contribution in [2.24, 2.45) is 5.89 Å². The number of esters is 2. The summed E-state index contributed by atoms with van der Waals surface area (Å²) in [5.41, 5.74) is 3.32. The molecule has 3 aliphatic rings. The van der Waals surface area contributed by atoms with Gasteiger partial charge in [0.1, 0.15) is 0 Å². The van der Waals surface area contributed by atoms with Crippen molar-refractivity contribution in [2.45, 2.75) is 30.7 Å². The van der Waals surface area contributed by atoms with E-state index in [-0.39, 0.29) is 24.5 Å². The minimum atomic E-state index is -1.25. The fourth-order valence-electron chi connectivity index (χ4n) is 5.33. The van der Waals surface area contributed by atoms with Crippen molar-refractivity contribution in [1.82, 2.24) is 5.32 Å². The Labute approximate surface area is 183 Å². The van der Waals surface area contributed by atoms with Crippen molar-refractivity contribution < 1.29 is 20.4 Å². The Morgan fingerprint density at radius 1 is 1.13 bits per heavy atom. The summed E-state index contributed by atoms with van der Waals surface area (Å²) in [7, 11) is 1.35. The number of carbonyl (C=O) groups excluding carboxylic acids is 2. The molecule has 1 aliphatic carbocycles. The number of para-hydroxylation sites is 1. The number of methoxy groups -OCH3 is 1. The number of anilines is 1. The molecular formula is C25H26N2O4. The van der Waals surface area contributed by atoms with E-state index in [1.165, 1.54) is 7.11 Å². The van der Waals surface area contributed by atoms with Crippen molar-refractivity contribution in [2.75, 3.05) is 25.6 Å². The average molecular weight is 419 g/mol. The highest BCUT2D eigenvalue weighted by Crippen LogP contribution is 2.56. The second-order valence-corrected chi connectivity index (χ2v) is 8.20. The molecule has 0 aromatic heterocycles. The fraction of sp³-hybridized carbons (Fsp3) is 0.360. The molecule has 2 N–H and O–H groups in total. The Balaban J connectivity index is 1.48. The van der Waals surface area contributed by atoms with Crippen LogP contribution in [-0.4, -0.2) is 38.2 Å². The largest absolute Gasteiger partial charge is 0.466 e. The molecule has 160 valence electrons. The van der Waals surface area contributed by atoms with Crippen molar-refractivity contribution in [3.05, 3.63) is 77.0 Å². The molecule has 2 aliphatic heterocycles. The Morgan fingerprint density at radius 3 is 2.71 bits per heavy atom. The lowest BCUT2D eigenvalue weighted by atomic mass is 9.64. The summed E-state index contributed by atoms with van der Waals surface area (Å²) in [6, 6.07) is 16.9. The summed E-state index contributed by atoms with van der Waals surface area (Å²) in [6.07, 6.45) is 1.47. The van der Waals surface area contributed by atoms with E-state index >= 15 is 0 Å². The van der Waals surface area contributed by atoms with Gasteiger partial charge < -0.3 is 20.1 Å². The first-order valence-electron chi connectivity index (χ1n) is 11.2. The summed E-state index contributed by atoms with van der Waals surface area (Å²) in [5.74, 6) is -2.19. The molecule has 2 heterocycles. The van der Waals surface area contributed by atoms with E-state index in [1.807, 2.05) is 24.3 Å². The zero-order valence-electron chi connectivity index (χ0n) is 18.4. The molecule has 3 atom stereocenters. The molecule has 1 fully saturated rings. The third kappa shape index (κ3) is 3.13. The highest BCUT2D eigenvalue weighted by atomic mass is 16.5. The lowest BCUT2D eigenvalue weighted by Crippen LogP contribution is -2.47. The first-order valence-corrected chi connectivity index (χ1v) is 10.7. The topological polar surface area (TPSA) is 76.7 Å². The van der Waals surface area contributed by atoms with Gasteiger partial charge in [-0.05, 0) is 55.5 Å². The van der Waals surface area contributed by atoms with Crippen molar-refractivity contribution >= 4 is 17.6 Å². The highest BCUT2D eigenvalue weighted by Gasteiger charge is 2.57. The lowest BCUT2D eigenvalue weighted by molar-refractivity contribution is -0.137. The maximum Gasteiger partial charge on any atom is 0.338 e. The molecule has 1 saturated heterocycles. The molecule has 1 spiro atoms. The number of rotatable bonds is 5. The van der Waals surface area contributed by atoms with E-state index in [2.05, 4.69) is 16.7 Å². The van der Waals surface area contributed by atoms with Crippen LogP contribution in [0.25, 0.3) is 0 Å². The summed E-state index contributed by atoms with van der Waals surface area (Å²) in [6.45, 7) is 0.843. The van der Waals surface area contributed by atoms with E-state index in [9.17, 15) is 11.0 Å². The lowest BCUT2D eigenvalue weighted by Gasteiger charge is -2.41. The van der Waals surface area contributed by atoms with E-state index in [0.717, 1.165) is 29.9 Å². The number of fused-ring (bicyclic) bond motifs is 1. The fourth-order valence-corrected chi connectivity index (χ4v) is 5.33. The van der Waals surface area contributed by atoms with Crippen LogP contribution < -0.4 is 10.6 Å². The van der Waals surface area contributed by atoms with Gasteiger partial charge in [-0.15, -0.1) is 0 Å². The third-order valence-corrected chi connectivity index (χ3v) is 6.71. The van der Waals surface area contributed by atoms with E-state index in [0.29, 0.717) is 17.6 Å². The van der Waals surface area contributed by atoms with Crippen LogP contribution in [0.15, 0.2) is 65.9 Å². The summed E-state index contributed by atoms with van der Waals surface area (Å²) in [5, 5.41) is 7.02. The first-order chi connectivity index (χ1) is 15.5. The van der Waals surface area contributed by atoms with Crippen LogP contribution >= 0.6 is 0 Å². The van der Waals surface area contributed by atoms with Crippen molar-refractivity contribution in [1.29, 1.82) is 0 Å². The minimum absolute atomic E-state index is 0.00406. The van der Waals surface area contributed by atoms with Gasteiger partial charge in [-0.25, -0.2) is 9.59 Å².